The van der Waals surface area contributed by atoms with Crippen molar-refractivity contribution in [2.24, 2.45) is 0 Å². The molecule has 4 aromatic rings. The van der Waals surface area contributed by atoms with Crippen LogP contribution < -0.4 is 14.8 Å². The van der Waals surface area contributed by atoms with Gasteiger partial charge in [-0.1, -0.05) is 18.2 Å². The second kappa shape index (κ2) is 8.06. The smallest absolute Gasteiger partial charge is 0.228 e. The van der Waals surface area contributed by atoms with Crippen LogP contribution in [0, 0.1) is 0 Å². The van der Waals surface area contributed by atoms with Gasteiger partial charge in [-0.2, -0.15) is 0 Å². The number of aromatic nitrogens is 1. The fourth-order valence-electron chi connectivity index (χ4n) is 3.07. The summed E-state index contributed by atoms with van der Waals surface area (Å²) in [5.41, 5.74) is 3.88. The van der Waals surface area contributed by atoms with Gasteiger partial charge in [-0.15, -0.1) is 0 Å². The number of oxazole rings is 1. The van der Waals surface area contributed by atoms with E-state index >= 15 is 0 Å². The topological polar surface area (TPSA) is 73.6 Å². The highest BCUT2D eigenvalue weighted by Crippen LogP contribution is 2.27. The highest BCUT2D eigenvalue weighted by atomic mass is 16.5. The van der Waals surface area contributed by atoms with Gasteiger partial charge in [0.1, 0.15) is 17.0 Å². The molecule has 29 heavy (non-hydrogen) atoms. The van der Waals surface area contributed by atoms with E-state index in [0.29, 0.717) is 23.1 Å². The molecule has 0 saturated carbocycles. The van der Waals surface area contributed by atoms with Crippen LogP contribution in [0.25, 0.3) is 22.6 Å². The lowest BCUT2D eigenvalue weighted by atomic mass is 10.1. The second-order valence-electron chi connectivity index (χ2n) is 6.47. The number of nitrogens with zero attached hydrogens (tertiary/aromatic N) is 1. The molecule has 6 heteroatoms. The first-order valence-corrected chi connectivity index (χ1v) is 9.13. The average molecular weight is 388 g/mol. The quantitative estimate of drug-likeness (QED) is 0.519. The molecule has 1 heterocycles. The van der Waals surface area contributed by atoms with Crippen molar-refractivity contribution in [1.29, 1.82) is 0 Å². The summed E-state index contributed by atoms with van der Waals surface area (Å²) in [5.74, 6) is 1.71. The maximum Gasteiger partial charge on any atom is 0.228 e. The summed E-state index contributed by atoms with van der Waals surface area (Å²) >= 11 is 0. The van der Waals surface area contributed by atoms with Crippen LogP contribution in [-0.2, 0) is 11.2 Å². The minimum atomic E-state index is -0.136. The van der Waals surface area contributed by atoms with Crippen molar-refractivity contribution in [2.75, 3.05) is 19.5 Å². The zero-order valence-electron chi connectivity index (χ0n) is 16.1. The van der Waals surface area contributed by atoms with Gasteiger partial charge >= 0.3 is 0 Å². The molecule has 0 atom stereocenters. The number of amides is 1. The molecule has 0 aliphatic carbocycles. The fraction of sp³-hybridized carbons (Fsp3) is 0.130. The van der Waals surface area contributed by atoms with Gasteiger partial charge in [-0.3, -0.25) is 4.79 Å². The van der Waals surface area contributed by atoms with Crippen molar-refractivity contribution in [1.82, 2.24) is 4.98 Å². The number of methoxy groups -OCH3 is 2. The van der Waals surface area contributed by atoms with Crippen molar-refractivity contribution < 1.29 is 18.7 Å². The third-order valence-corrected chi connectivity index (χ3v) is 4.55. The summed E-state index contributed by atoms with van der Waals surface area (Å²) in [4.78, 5) is 16.9. The van der Waals surface area contributed by atoms with Crippen LogP contribution in [0.5, 0.6) is 11.5 Å². The van der Waals surface area contributed by atoms with Crippen molar-refractivity contribution >= 4 is 22.7 Å². The number of nitrogens with one attached hydrogen (secondary N) is 1. The Bertz CT molecular complexity index is 1120. The summed E-state index contributed by atoms with van der Waals surface area (Å²) < 4.78 is 16.3. The highest BCUT2D eigenvalue weighted by molar-refractivity contribution is 5.93. The van der Waals surface area contributed by atoms with E-state index in [2.05, 4.69) is 10.3 Å². The molecule has 4 rings (SSSR count). The number of carbonyl (C=O) groups excluding carboxylic acids is 1. The predicted octanol–water partition coefficient (Wildman–Crippen LogP) is 4.69. The van der Waals surface area contributed by atoms with Crippen LogP contribution in [-0.4, -0.2) is 25.1 Å². The van der Waals surface area contributed by atoms with E-state index in [1.54, 1.807) is 26.4 Å². The van der Waals surface area contributed by atoms with Crippen molar-refractivity contribution in [3.05, 3.63) is 72.3 Å². The SMILES string of the molecule is COc1ccc(CC(=O)Nc2ccc(-c3nc4ccccc4o3)cc2)c(OC)c1. The Hall–Kier alpha value is -3.80. The Morgan fingerprint density at radius 1 is 1.00 bits per heavy atom. The molecule has 0 bridgehead atoms. The summed E-state index contributed by atoms with van der Waals surface area (Å²) in [5, 5.41) is 2.90. The number of carbonyl (C=O) groups is 1. The van der Waals surface area contributed by atoms with Gasteiger partial charge < -0.3 is 19.2 Å². The molecule has 0 saturated heterocycles. The first-order valence-electron chi connectivity index (χ1n) is 9.13. The first kappa shape index (κ1) is 18.6. The third-order valence-electron chi connectivity index (χ3n) is 4.55. The number of hydrogen-bond acceptors (Lipinski definition) is 5. The summed E-state index contributed by atoms with van der Waals surface area (Å²) in [6.07, 6.45) is 0.194. The number of hydrogen-bond donors (Lipinski definition) is 1. The molecule has 0 radical (unpaired) electrons. The Morgan fingerprint density at radius 3 is 2.52 bits per heavy atom. The van der Waals surface area contributed by atoms with Gasteiger partial charge in [0.05, 0.1) is 20.6 Å². The van der Waals surface area contributed by atoms with Crippen molar-refractivity contribution in [3.63, 3.8) is 0 Å². The molecular weight excluding hydrogens is 368 g/mol. The van der Waals surface area contributed by atoms with E-state index in [4.69, 9.17) is 13.9 Å². The molecule has 6 nitrogen and oxygen atoms in total. The van der Waals surface area contributed by atoms with Gasteiger partial charge in [0.25, 0.3) is 0 Å². The van der Waals surface area contributed by atoms with Gasteiger partial charge in [0.15, 0.2) is 5.58 Å². The number of para-hydroxylation sites is 2. The molecule has 0 unspecified atom stereocenters. The number of anilines is 1. The minimum absolute atomic E-state index is 0.136. The van der Waals surface area contributed by atoms with Gasteiger partial charge in [0.2, 0.25) is 11.8 Å². The second-order valence-corrected chi connectivity index (χ2v) is 6.47. The molecule has 3 aromatic carbocycles. The molecule has 146 valence electrons. The van der Waals surface area contributed by atoms with Crippen LogP contribution in [0.15, 0.2) is 71.1 Å². The molecule has 0 fully saturated rings. The zero-order chi connectivity index (χ0) is 20.2. The van der Waals surface area contributed by atoms with Gasteiger partial charge in [-0.25, -0.2) is 4.98 Å². The maximum atomic E-state index is 12.4. The summed E-state index contributed by atoms with van der Waals surface area (Å²) in [6, 6.07) is 20.4. The minimum Gasteiger partial charge on any atom is -0.497 e. The Morgan fingerprint density at radius 2 is 1.79 bits per heavy atom. The van der Waals surface area contributed by atoms with Crippen molar-refractivity contribution in [2.45, 2.75) is 6.42 Å². The Labute approximate surface area is 168 Å². The number of fused-ring (bicyclic) bond motifs is 1. The van der Waals surface area contributed by atoms with Crippen molar-refractivity contribution in [3.8, 4) is 23.0 Å². The molecule has 1 aromatic heterocycles. The monoisotopic (exact) mass is 388 g/mol. The lowest BCUT2D eigenvalue weighted by Gasteiger charge is -2.11. The lowest BCUT2D eigenvalue weighted by Crippen LogP contribution is -2.14. The third kappa shape index (κ3) is 4.06. The van der Waals surface area contributed by atoms with Crippen LogP contribution in [0.1, 0.15) is 5.56 Å². The molecule has 0 spiro atoms. The summed E-state index contributed by atoms with van der Waals surface area (Å²) in [7, 11) is 3.16. The van der Waals surface area contributed by atoms with E-state index in [-0.39, 0.29) is 12.3 Å². The summed E-state index contributed by atoms with van der Waals surface area (Å²) in [6.45, 7) is 0. The maximum absolute atomic E-state index is 12.4. The number of rotatable bonds is 6. The number of ether oxygens (including phenoxy) is 2. The lowest BCUT2D eigenvalue weighted by molar-refractivity contribution is -0.115. The molecule has 1 N–H and O–H groups in total. The highest BCUT2D eigenvalue weighted by Gasteiger charge is 2.11. The Kier molecular flexibility index (Phi) is 5.16. The standard InChI is InChI=1S/C23H20N2O4/c1-27-18-12-9-16(21(14-18)28-2)13-22(26)24-17-10-7-15(8-11-17)23-25-19-5-3-4-6-20(19)29-23/h3-12,14H,13H2,1-2H3,(H,24,26). The van der Waals surface area contributed by atoms with E-state index in [9.17, 15) is 4.79 Å². The number of benzene rings is 3. The van der Waals surface area contributed by atoms with E-state index in [0.717, 1.165) is 22.2 Å². The Balaban J connectivity index is 1.45. The largest absolute Gasteiger partial charge is 0.497 e. The average Bonchev–Trinajstić information content (AvgIpc) is 3.18. The fourth-order valence-corrected chi connectivity index (χ4v) is 3.07. The van der Waals surface area contributed by atoms with Crippen LogP contribution >= 0.6 is 0 Å². The van der Waals surface area contributed by atoms with Gasteiger partial charge in [0, 0.05) is 22.9 Å². The molecule has 0 aliphatic rings. The van der Waals surface area contributed by atoms with E-state index in [1.165, 1.54) is 0 Å². The van der Waals surface area contributed by atoms with Crippen LogP contribution in [0.3, 0.4) is 0 Å². The first-order chi connectivity index (χ1) is 14.2. The van der Waals surface area contributed by atoms with E-state index < -0.39 is 0 Å². The molecular formula is C23H20N2O4. The molecule has 1 amide bonds. The normalized spacial score (nSPS) is 10.7. The van der Waals surface area contributed by atoms with Crippen LogP contribution in [0.4, 0.5) is 5.69 Å². The zero-order valence-corrected chi connectivity index (χ0v) is 16.1. The van der Waals surface area contributed by atoms with E-state index in [1.807, 2.05) is 54.6 Å². The van der Waals surface area contributed by atoms with Gasteiger partial charge in [-0.05, 0) is 42.5 Å². The van der Waals surface area contributed by atoms with Crippen LogP contribution in [0.2, 0.25) is 0 Å². The predicted molar refractivity (Wildman–Crippen MR) is 111 cm³/mol. The molecule has 0 aliphatic heterocycles.